The van der Waals surface area contributed by atoms with Gasteiger partial charge in [0.15, 0.2) is 5.69 Å². The van der Waals surface area contributed by atoms with Gasteiger partial charge < -0.3 is 10.6 Å². The van der Waals surface area contributed by atoms with Crippen LogP contribution in [-0.4, -0.2) is 28.6 Å². The Morgan fingerprint density at radius 2 is 1.83 bits per heavy atom. The minimum absolute atomic E-state index is 0.0264. The standard InChI is InChI=1S/C19H16F4N4O2/c20-12-6-5-11(14(9-12)19(21,22)23)10-25-16(28)7-8-24-18(29)17-13-3-1-2-4-15(13)26-27-17/h1-6,9H,7-8,10H2,(H,24,29)(H,25,28)(H,26,27). The highest BCUT2D eigenvalue weighted by atomic mass is 19.4. The maximum Gasteiger partial charge on any atom is 0.416 e. The molecule has 152 valence electrons. The van der Waals surface area contributed by atoms with E-state index in [2.05, 4.69) is 20.8 Å². The summed E-state index contributed by atoms with van der Waals surface area (Å²) in [6.07, 6.45) is -4.88. The van der Waals surface area contributed by atoms with Crippen molar-refractivity contribution in [2.24, 2.45) is 0 Å². The first-order valence-corrected chi connectivity index (χ1v) is 8.59. The molecule has 29 heavy (non-hydrogen) atoms. The van der Waals surface area contributed by atoms with E-state index in [1.807, 2.05) is 0 Å². The molecule has 0 aliphatic heterocycles. The average Bonchev–Trinajstić information content (AvgIpc) is 3.10. The topological polar surface area (TPSA) is 86.9 Å². The molecule has 1 aromatic heterocycles. The van der Waals surface area contributed by atoms with Crippen LogP contribution in [0.4, 0.5) is 17.6 Å². The fourth-order valence-corrected chi connectivity index (χ4v) is 2.76. The number of aromatic nitrogens is 2. The van der Waals surface area contributed by atoms with Crippen LogP contribution in [-0.2, 0) is 17.5 Å². The van der Waals surface area contributed by atoms with Crippen LogP contribution in [0.5, 0.6) is 0 Å². The highest BCUT2D eigenvalue weighted by Gasteiger charge is 2.33. The van der Waals surface area contributed by atoms with Gasteiger partial charge >= 0.3 is 6.18 Å². The van der Waals surface area contributed by atoms with E-state index in [1.54, 1.807) is 24.3 Å². The van der Waals surface area contributed by atoms with Crippen molar-refractivity contribution in [1.82, 2.24) is 20.8 Å². The first-order valence-electron chi connectivity index (χ1n) is 8.59. The Balaban J connectivity index is 1.52. The molecular formula is C19H16F4N4O2. The third-order valence-corrected chi connectivity index (χ3v) is 4.18. The van der Waals surface area contributed by atoms with E-state index in [0.717, 1.165) is 12.1 Å². The van der Waals surface area contributed by atoms with Gasteiger partial charge in [0.1, 0.15) is 5.82 Å². The second kappa shape index (κ2) is 8.29. The predicted molar refractivity (Wildman–Crippen MR) is 96.3 cm³/mol. The summed E-state index contributed by atoms with van der Waals surface area (Å²) in [7, 11) is 0. The van der Waals surface area contributed by atoms with Crippen molar-refractivity contribution in [3.8, 4) is 0 Å². The number of carbonyl (C=O) groups is 2. The highest BCUT2D eigenvalue weighted by molar-refractivity contribution is 6.04. The molecule has 0 aliphatic rings. The van der Waals surface area contributed by atoms with E-state index in [4.69, 9.17) is 0 Å². The van der Waals surface area contributed by atoms with Gasteiger partial charge in [-0.25, -0.2) is 4.39 Å². The number of halogens is 4. The summed E-state index contributed by atoms with van der Waals surface area (Å²) in [6.45, 7) is -0.437. The predicted octanol–water partition coefficient (Wildman–Crippen LogP) is 3.16. The van der Waals surface area contributed by atoms with Gasteiger partial charge in [0.05, 0.1) is 11.1 Å². The number of rotatable bonds is 6. The Kier molecular flexibility index (Phi) is 5.81. The number of benzene rings is 2. The summed E-state index contributed by atoms with van der Waals surface area (Å²) < 4.78 is 52.0. The molecule has 0 radical (unpaired) electrons. The number of amides is 2. The number of fused-ring (bicyclic) bond motifs is 1. The van der Waals surface area contributed by atoms with Gasteiger partial charge in [-0.1, -0.05) is 24.3 Å². The van der Waals surface area contributed by atoms with E-state index in [9.17, 15) is 27.2 Å². The summed E-state index contributed by atoms with van der Waals surface area (Å²) in [4.78, 5) is 24.1. The molecule has 2 aromatic carbocycles. The third-order valence-electron chi connectivity index (χ3n) is 4.18. The van der Waals surface area contributed by atoms with Gasteiger partial charge in [0, 0.05) is 24.9 Å². The minimum atomic E-state index is -4.73. The molecule has 3 aromatic rings. The van der Waals surface area contributed by atoms with Gasteiger partial charge in [-0.05, 0) is 23.8 Å². The third kappa shape index (κ3) is 4.89. The molecule has 0 spiro atoms. The number of carbonyl (C=O) groups excluding carboxylic acids is 2. The fourth-order valence-electron chi connectivity index (χ4n) is 2.76. The Hall–Kier alpha value is -3.43. The molecule has 0 saturated carbocycles. The molecule has 2 amide bonds. The van der Waals surface area contributed by atoms with Crippen LogP contribution in [0.15, 0.2) is 42.5 Å². The molecule has 1 heterocycles. The van der Waals surface area contributed by atoms with Crippen LogP contribution in [0, 0.1) is 5.82 Å². The maximum atomic E-state index is 13.1. The molecule has 0 saturated heterocycles. The second-order valence-electron chi connectivity index (χ2n) is 6.20. The number of aromatic amines is 1. The molecule has 3 rings (SSSR count). The Labute approximate surface area is 162 Å². The zero-order valence-electron chi connectivity index (χ0n) is 14.9. The van der Waals surface area contributed by atoms with E-state index in [0.29, 0.717) is 17.0 Å². The van der Waals surface area contributed by atoms with Crippen molar-refractivity contribution in [3.05, 3.63) is 65.1 Å². The quantitative estimate of drug-likeness (QED) is 0.548. The zero-order chi connectivity index (χ0) is 21.0. The van der Waals surface area contributed by atoms with Gasteiger partial charge in [0.25, 0.3) is 5.91 Å². The number of nitrogens with zero attached hydrogens (tertiary/aromatic N) is 1. The number of para-hydroxylation sites is 1. The lowest BCUT2D eigenvalue weighted by atomic mass is 10.1. The number of H-pyrrole nitrogens is 1. The Morgan fingerprint density at radius 1 is 1.07 bits per heavy atom. The molecule has 0 fully saturated rings. The lowest BCUT2D eigenvalue weighted by Crippen LogP contribution is -2.31. The van der Waals surface area contributed by atoms with Gasteiger partial charge in [0.2, 0.25) is 5.91 Å². The summed E-state index contributed by atoms with van der Waals surface area (Å²) in [5.74, 6) is -2.05. The summed E-state index contributed by atoms with van der Waals surface area (Å²) in [6, 6.07) is 9.28. The fraction of sp³-hybridized carbons (Fsp3) is 0.211. The van der Waals surface area contributed by atoms with Crippen LogP contribution in [0.2, 0.25) is 0 Å². The van der Waals surface area contributed by atoms with E-state index >= 15 is 0 Å². The monoisotopic (exact) mass is 408 g/mol. The van der Waals surface area contributed by atoms with Crippen molar-refractivity contribution in [2.45, 2.75) is 19.1 Å². The maximum absolute atomic E-state index is 13.1. The zero-order valence-corrected chi connectivity index (χ0v) is 14.9. The molecule has 0 bridgehead atoms. The molecule has 10 heteroatoms. The number of hydrogen-bond acceptors (Lipinski definition) is 3. The SMILES string of the molecule is O=C(CCNC(=O)c1n[nH]c2ccccc12)NCc1ccc(F)cc1C(F)(F)F. The summed E-state index contributed by atoms with van der Waals surface area (Å²) in [5, 5.41) is 12.2. The molecule has 6 nitrogen and oxygen atoms in total. The van der Waals surface area contributed by atoms with Crippen LogP contribution in [0.25, 0.3) is 10.9 Å². The molecular weight excluding hydrogens is 392 g/mol. The molecule has 3 N–H and O–H groups in total. The van der Waals surface area contributed by atoms with Crippen molar-refractivity contribution < 1.29 is 27.2 Å². The van der Waals surface area contributed by atoms with E-state index in [-0.39, 0.29) is 24.2 Å². The number of nitrogens with one attached hydrogen (secondary N) is 3. The second-order valence-corrected chi connectivity index (χ2v) is 6.20. The lowest BCUT2D eigenvalue weighted by Gasteiger charge is -2.13. The number of alkyl halides is 3. The van der Waals surface area contributed by atoms with Crippen LogP contribution in [0.1, 0.15) is 28.0 Å². The first-order chi connectivity index (χ1) is 13.8. The van der Waals surface area contributed by atoms with Crippen LogP contribution < -0.4 is 10.6 Å². The van der Waals surface area contributed by atoms with Crippen molar-refractivity contribution >= 4 is 22.7 Å². The van der Waals surface area contributed by atoms with Gasteiger partial charge in [-0.15, -0.1) is 0 Å². The Bertz CT molecular complexity index is 1050. The highest BCUT2D eigenvalue weighted by Crippen LogP contribution is 2.32. The minimum Gasteiger partial charge on any atom is -0.352 e. The molecule has 0 atom stereocenters. The molecule has 0 aliphatic carbocycles. The molecule has 0 unspecified atom stereocenters. The first kappa shape index (κ1) is 20.3. The van der Waals surface area contributed by atoms with Crippen molar-refractivity contribution in [3.63, 3.8) is 0 Å². The summed E-state index contributed by atoms with van der Waals surface area (Å²) >= 11 is 0. The van der Waals surface area contributed by atoms with E-state index < -0.39 is 35.9 Å². The summed E-state index contributed by atoms with van der Waals surface area (Å²) in [5.41, 5.74) is -0.520. The van der Waals surface area contributed by atoms with Gasteiger partial charge in [-0.3, -0.25) is 14.7 Å². The average molecular weight is 408 g/mol. The van der Waals surface area contributed by atoms with Crippen molar-refractivity contribution in [2.75, 3.05) is 6.54 Å². The Morgan fingerprint density at radius 3 is 2.59 bits per heavy atom. The smallest absolute Gasteiger partial charge is 0.352 e. The van der Waals surface area contributed by atoms with Crippen LogP contribution in [0.3, 0.4) is 0 Å². The number of hydrogen-bond donors (Lipinski definition) is 3. The van der Waals surface area contributed by atoms with Crippen molar-refractivity contribution in [1.29, 1.82) is 0 Å². The largest absolute Gasteiger partial charge is 0.416 e. The normalized spacial score (nSPS) is 11.4. The van der Waals surface area contributed by atoms with E-state index in [1.165, 1.54) is 0 Å². The van der Waals surface area contributed by atoms with Crippen LogP contribution >= 0.6 is 0 Å². The van der Waals surface area contributed by atoms with Gasteiger partial charge in [-0.2, -0.15) is 18.3 Å². The lowest BCUT2D eigenvalue weighted by molar-refractivity contribution is -0.138.